The zero-order chi connectivity index (χ0) is 8.27. The molecule has 11 heavy (non-hydrogen) atoms. The molecule has 0 saturated carbocycles. The lowest BCUT2D eigenvalue weighted by Gasteiger charge is -2.08. The number of halogens is 2. The summed E-state index contributed by atoms with van der Waals surface area (Å²) < 4.78 is 0.951. The summed E-state index contributed by atoms with van der Waals surface area (Å²) in [5.41, 5.74) is 0.921. The fraction of sp³-hybridized carbons (Fsp3) is 0.250. The predicted octanol–water partition coefficient (Wildman–Crippen LogP) is 2.88. The molecule has 1 N–H and O–H groups in total. The molecule has 1 unspecified atom stereocenters. The Balaban J connectivity index is 2.93. The van der Waals surface area contributed by atoms with Crippen LogP contribution in [0.3, 0.4) is 0 Å². The minimum absolute atomic E-state index is 0.425. The molecule has 0 bridgehead atoms. The van der Waals surface area contributed by atoms with Crippen LogP contribution in [-0.2, 0) is 0 Å². The largest absolute Gasteiger partial charge is 0.388 e. The molecular formula is C8H8Br2O. The second-order valence-corrected chi connectivity index (χ2v) is 3.69. The quantitative estimate of drug-likeness (QED) is 0.826. The van der Waals surface area contributed by atoms with E-state index in [9.17, 15) is 5.11 Å². The van der Waals surface area contributed by atoms with Gasteiger partial charge in [0.05, 0.1) is 6.10 Å². The highest BCUT2D eigenvalue weighted by molar-refractivity contribution is 9.10. The fourth-order valence-electron chi connectivity index (χ4n) is 0.828. The normalized spacial score (nSPS) is 13.0. The fourth-order valence-corrected chi connectivity index (χ4v) is 1.73. The first-order valence-electron chi connectivity index (χ1n) is 3.24. The van der Waals surface area contributed by atoms with Crippen LogP contribution in [0.1, 0.15) is 11.7 Å². The molecule has 1 rings (SSSR count). The van der Waals surface area contributed by atoms with E-state index in [2.05, 4.69) is 31.9 Å². The number of benzene rings is 1. The summed E-state index contributed by atoms with van der Waals surface area (Å²) in [5, 5.41) is 10.00. The van der Waals surface area contributed by atoms with Crippen molar-refractivity contribution in [3.05, 3.63) is 34.3 Å². The highest BCUT2D eigenvalue weighted by atomic mass is 79.9. The van der Waals surface area contributed by atoms with E-state index < -0.39 is 6.10 Å². The second-order valence-electron chi connectivity index (χ2n) is 2.19. The Bertz CT molecular complexity index is 237. The highest BCUT2D eigenvalue weighted by Gasteiger charge is 2.07. The summed E-state index contributed by atoms with van der Waals surface area (Å²) in [5.74, 6) is 0. The van der Waals surface area contributed by atoms with E-state index >= 15 is 0 Å². The molecular weight excluding hydrogens is 272 g/mol. The van der Waals surface area contributed by atoms with Crippen LogP contribution in [0.5, 0.6) is 0 Å². The van der Waals surface area contributed by atoms with Gasteiger partial charge in [-0.3, -0.25) is 0 Å². The molecule has 1 atom stereocenters. The van der Waals surface area contributed by atoms with Crippen molar-refractivity contribution < 1.29 is 5.11 Å². The summed E-state index contributed by atoms with van der Waals surface area (Å²) in [4.78, 5) is 0. The van der Waals surface area contributed by atoms with Crippen LogP contribution < -0.4 is 0 Å². The van der Waals surface area contributed by atoms with Gasteiger partial charge in [-0.25, -0.2) is 0 Å². The van der Waals surface area contributed by atoms with Gasteiger partial charge in [-0.2, -0.15) is 0 Å². The average Bonchev–Trinajstić information content (AvgIpc) is 2.04. The molecule has 0 aliphatic heterocycles. The van der Waals surface area contributed by atoms with E-state index in [1.54, 1.807) is 0 Å². The van der Waals surface area contributed by atoms with Crippen molar-refractivity contribution in [1.29, 1.82) is 0 Å². The molecule has 1 aromatic carbocycles. The van der Waals surface area contributed by atoms with Crippen molar-refractivity contribution in [2.75, 3.05) is 5.33 Å². The van der Waals surface area contributed by atoms with Crippen molar-refractivity contribution in [1.82, 2.24) is 0 Å². The van der Waals surface area contributed by atoms with Crippen molar-refractivity contribution in [2.45, 2.75) is 6.10 Å². The number of aliphatic hydroxyl groups excluding tert-OH is 1. The SMILES string of the molecule is OC(CBr)c1ccccc1Br. The molecule has 0 aliphatic carbocycles. The Morgan fingerprint density at radius 1 is 1.36 bits per heavy atom. The first-order valence-corrected chi connectivity index (χ1v) is 5.15. The van der Waals surface area contributed by atoms with Crippen molar-refractivity contribution >= 4 is 31.9 Å². The number of alkyl halides is 1. The number of aliphatic hydroxyl groups is 1. The van der Waals surface area contributed by atoms with Gasteiger partial charge >= 0.3 is 0 Å². The van der Waals surface area contributed by atoms with Crippen LogP contribution >= 0.6 is 31.9 Å². The van der Waals surface area contributed by atoms with Gasteiger partial charge in [0.2, 0.25) is 0 Å². The minimum Gasteiger partial charge on any atom is -0.388 e. The van der Waals surface area contributed by atoms with Gasteiger partial charge in [0.1, 0.15) is 0 Å². The molecule has 0 aromatic heterocycles. The maximum absolute atomic E-state index is 9.43. The van der Waals surface area contributed by atoms with Gasteiger partial charge in [0.15, 0.2) is 0 Å². The van der Waals surface area contributed by atoms with Crippen molar-refractivity contribution in [3.8, 4) is 0 Å². The maximum atomic E-state index is 9.43. The van der Waals surface area contributed by atoms with E-state index in [1.807, 2.05) is 24.3 Å². The van der Waals surface area contributed by atoms with Crippen LogP contribution in [0, 0.1) is 0 Å². The lowest BCUT2D eigenvalue weighted by atomic mass is 10.1. The lowest BCUT2D eigenvalue weighted by molar-refractivity contribution is 0.204. The summed E-state index contributed by atoms with van der Waals surface area (Å²) in [6, 6.07) is 7.65. The summed E-state index contributed by atoms with van der Waals surface area (Å²) >= 11 is 6.57. The molecule has 1 aromatic rings. The summed E-state index contributed by atoms with van der Waals surface area (Å²) in [6.45, 7) is 0. The van der Waals surface area contributed by atoms with Crippen molar-refractivity contribution in [2.24, 2.45) is 0 Å². The number of hydrogen-bond donors (Lipinski definition) is 1. The zero-order valence-corrected chi connectivity index (χ0v) is 8.97. The lowest BCUT2D eigenvalue weighted by Crippen LogP contribution is -1.98. The molecule has 0 spiro atoms. The zero-order valence-electron chi connectivity index (χ0n) is 5.80. The third kappa shape index (κ3) is 2.29. The number of hydrogen-bond acceptors (Lipinski definition) is 1. The molecule has 0 amide bonds. The second kappa shape index (κ2) is 4.24. The molecule has 60 valence electrons. The Labute approximate surface area is 82.7 Å². The monoisotopic (exact) mass is 278 g/mol. The van der Waals surface area contributed by atoms with Crippen LogP contribution in [0.25, 0.3) is 0 Å². The molecule has 0 saturated heterocycles. The number of rotatable bonds is 2. The smallest absolute Gasteiger partial charge is 0.0897 e. The predicted molar refractivity (Wildman–Crippen MR) is 52.9 cm³/mol. The van der Waals surface area contributed by atoms with Gasteiger partial charge in [-0.1, -0.05) is 50.1 Å². The molecule has 0 heterocycles. The van der Waals surface area contributed by atoms with E-state index in [4.69, 9.17) is 0 Å². The third-order valence-corrected chi connectivity index (χ3v) is 2.75. The maximum Gasteiger partial charge on any atom is 0.0897 e. The topological polar surface area (TPSA) is 20.2 Å². The van der Waals surface area contributed by atoms with Gasteiger partial charge < -0.3 is 5.11 Å². The highest BCUT2D eigenvalue weighted by Crippen LogP contribution is 2.23. The van der Waals surface area contributed by atoms with Gasteiger partial charge in [0, 0.05) is 9.80 Å². The van der Waals surface area contributed by atoms with E-state index in [-0.39, 0.29) is 0 Å². The van der Waals surface area contributed by atoms with Crippen molar-refractivity contribution in [3.63, 3.8) is 0 Å². The molecule has 0 aliphatic rings. The first kappa shape index (κ1) is 9.23. The molecule has 3 heteroatoms. The standard InChI is InChI=1S/C8H8Br2O/c9-5-8(11)6-3-1-2-4-7(6)10/h1-4,8,11H,5H2. The minimum atomic E-state index is -0.425. The first-order chi connectivity index (χ1) is 5.25. The Hall–Kier alpha value is 0.140. The van der Waals surface area contributed by atoms with Crippen LogP contribution in [0.15, 0.2) is 28.7 Å². The summed E-state index contributed by atoms with van der Waals surface area (Å²) in [7, 11) is 0. The van der Waals surface area contributed by atoms with Crippen LogP contribution in [-0.4, -0.2) is 10.4 Å². The Morgan fingerprint density at radius 2 is 2.00 bits per heavy atom. The van der Waals surface area contributed by atoms with E-state index in [0.717, 1.165) is 10.0 Å². The van der Waals surface area contributed by atoms with Crippen LogP contribution in [0.4, 0.5) is 0 Å². The van der Waals surface area contributed by atoms with Gasteiger partial charge in [-0.15, -0.1) is 0 Å². The van der Waals surface area contributed by atoms with Gasteiger partial charge in [-0.05, 0) is 11.6 Å². The molecule has 1 nitrogen and oxygen atoms in total. The van der Waals surface area contributed by atoms with E-state index in [1.165, 1.54) is 0 Å². The molecule has 0 radical (unpaired) electrons. The Kier molecular flexibility index (Phi) is 3.55. The van der Waals surface area contributed by atoms with E-state index in [0.29, 0.717) is 5.33 Å². The average molecular weight is 280 g/mol. The Morgan fingerprint density at radius 3 is 2.55 bits per heavy atom. The third-order valence-electron chi connectivity index (χ3n) is 1.41. The van der Waals surface area contributed by atoms with Gasteiger partial charge in [0.25, 0.3) is 0 Å². The van der Waals surface area contributed by atoms with Crippen LogP contribution in [0.2, 0.25) is 0 Å². The molecule has 0 fully saturated rings. The summed E-state index contributed by atoms with van der Waals surface area (Å²) in [6.07, 6.45) is -0.425.